The molecule has 0 N–H and O–H groups in total. The normalized spacial score (nSPS) is 18.9. The van der Waals surface area contributed by atoms with Crippen molar-refractivity contribution in [3.8, 4) is 11.5 Å². The molecule has 0 unspecified atom stereocenters. The molecule has 0 radical (unpaired) electrons. The summed E-state index contributed by atoms with van der Waals surface area (Å²) < 4.78 is 11.1. The molecule has 1 aliphatic rings. The van der Waals surface area contributed by atoms with E-state index in [-0.39, 0.29) is 11.9 Å². The second-order valence-electron chi connectivity index (χ2n) is 10.5. The molecule has 3 atom stereocenters. The van der Waals surface area contributed by atoms with Crippen molar-refractivity contribution < 1.29 is 14.3 Å². The first kappa shape index (κ1) is 28.7. The lowest BCUT2D eigenvalue weighted by atomic mass is 9.92. The lowest BCUT2D eigenvalue weighted by Crippen LogP contribution is -2.56. The summed E-state index contributed by atoms with van der Waals surface area (Å²) in [5, 5.41) is 0. The van der Waals surface area contributed by atoms with Crippen LogP contribution < -0.4 is 9.47 Å². The van der Waals surface area contributed by atoms with Gasteiger partial charge in [-0.05, 0) is 80.8 Å². The molecule has 0 spiro atoms. The average Bonchev–Trinajstić information content (AvgIpc) is 2.96. The fraction of sp³-hybridized carbons (Fsp3) is 0.424. The van der Waals surface area contributed by atoms with E-state index in [0.717, 1.165) is 42.3 Å². The molecule has 0 saturated carbocycles. The number of hydrogen-bond acceptors (Lipinski definition) is 5. The summed E-state index contributed by atoms with van der Waals surface area (Å²) in [7, 11) is 3.42. The fourth-order valence-electron chi connectivity index (χ4n) is 5.73. The molecule has 1 amide bonds. The van der Waals surface area contributed by atoms with Crippen LogP contribution in [0.2, 0.25) is 0 Å². The van der Waals surface area contributed by atoms with Crippen LogP contribution in [0.25, 0.3) is 0 Å². The molecule has 39 heavy (non-hydrogen) atoms. The molecule has 3 aromatic carbocycles. The maximum atomic E-state index is 13.3. The molecule has 208 valence electrons. The summed E-state index contributed by atoms with van der Waals surface area (Å²) in [4.78, 5) is 20.3. The molecule has 1 heterocycles. The minimum Gasteiger partial charge on any atom is -0.497 e. The molecule has 1 aliphatic heterocycles. The van der Waals surface area contributed by atoms with Crippen LogP contribution in [0, 0.1) is 0 Å². The van der Waals surface area contributed by atoms with E-state index in [0.29, 0.717) is 25.2 Å². The molecule has 0 bridgehead atoms. The second kappa shape index (κ2) is 13.1. The summed E-state index contributed by atoms with van der Waals surface area (Å²) in [6.07, 6.45) is 0. The number of nitrogens with zero attached hydrogens (tertiary/aromatic N) is 3. The summed E-state index contributed by atoms with van der Waals surface area (Å²) in [6.45, 7) is 12.8. The van der Waals surface area contributed by atoms with Gasteiger partial charge < -0.3 is 14.4 Å². The summed E-state index contributed by atoms with van der Waals surface area (Å²) in [5.74, 6) is 1.81. The zero-order valence-corrected chi connectivity index (χ0v) is 24.3. The largest absolute Gasteiger partial charge is 0.497 e. The van der Waals surface area contributed by atoms with Gasteiger partial charge in [-0.3, -0.25) is 14.6 Å². The van der Waals surface area contributed by atoms with E-state index in [1.54, 1.807) is 14.2 Å². The third-order valence-electron chi connectivity index (χ3n) is 7.92. The quantitative estimate of drug-likeness (QED) is 0.329. The first-order valence-electron chi connectivity index (χ1n) is 14.0. The highest BCUT2D eigenvalue weighted by Crippen LogP contribution is 2.35. The maximum absolute atomic E-state index is 13.3. The molecule has 6 nitrogen and oxygen atoms in total. The zero-order chi connectivity index (χ0) is 27.9. The molecular weight excluding hydrogens is 486 g/mol. The highest BCUT2D eigenvalue weighted by Gasteiger charge is 2.35. The predicted octanol–water partition coefficient (Wildman–Crippen LogP) is 5.87. The zero-order valence-electron chi connectivity index (χ0n) is 24.3. The van der Waals surface area contributed by atoms with Crippen LogP contribution in [0.3, 0.4) is 0 Å². The lowest BCUT2D eigenvalue weighted by Gasteiger charge is -2.48. The van der Waals surface area contributed by atoms with Crippen LogP contribution >= 0.6 is 0 Å². The number of ether oxygens (including phenoxy) is 2. The Hall–Kier alpha value is -3.35. The Morgan fingerprint density at radius 1 is 0.846 bits per heavy atom. The van der Waals surface area contributed by atoms with Gasteiger partial charge in [-0.25, -0.2) is 0 Å². The molecule has 0 aromatic heterocycles. The first-order chi connectivity index (χ1) is 18.9. The lowest BCUT2D eigenvalue weighted by molar-refractivity contribution is 0.0194. The third kappa shape index (κ3) is 6.63. The number of methoxy groups -OCH3 is 2. The molecule has 4 rings (SSSR count). The van der Waals surface area contributed by atoms with Crippen molar-refractivity contribution in [1.82, 2.24) is 14.7 Å². The van der Waals surface area contributed by atoms with Gasteiger partial charge in [0, 0.05) is 50.4 Å². The van der Waals surface area contributed by atoms with E-state index in [9.17, 15) is 4.79 Å². The number of benzene rings is 3. The van der Waals surface area contributed by atoms with Crippen molar-refractivity contribution >= 4 is 5.91 Å². The van der Waals surface area contributed by atoms with E-state index in [4.69, 9.17) is 9.47 Å². The van der Waals surface area contributed by atoms with Gasteiger partial charge in [0.2, 0.25) is 0 Å². The van der Waals surface area contributed by atoms with Gasteiger partial charge in [-0.15, -0.1) is 0 Å². The second-order valence-corrected chi connectivity index (χ2v) is 10.5. The molecular formula is C33H43N3O3. The predicted molar refractivity (Wildman–Crippen MR) is 158 cm³/mol. The Bertz CT molecular complexity index is 1240. The number of amides is 1. The summed E-state index contributed by atoms with van der Waals surface area (Å²) in [6, 6.07) is 25.5. The average molecular weight is 530 g/mol. The number of piperazine rings is 1. The maximum Gasteiger partial charge on any atom is 0.253 e. The topological polar surface area (TPSA) is 45.2 Å². The van der Waals surface area contributed by atoms with Crippen LogP contribution in [-0.2, 0) is 6.54 Å². The number of carbonyl (C=O) groups excluding carboxylic acids is 1. The van der Waals surface area contributed by atoms with E-state index in [1.807, 2.05) is 43.0 Å². The molecule has 1 fully saturated rings. The Kier molecular flexibility index (Phi) is 9.65. The van der Waals surface area contributed by atoms with E-state index in [2.05, 4.69) is 72.2 Å². The van der Waals surface area contributed by atoms with Crippen LogP contribution in [0.4, 0.5) is 0 Å². The van der Waals surface area contributed by atoms with Crippen molar-refractivity contribution in [2.75, 3.05) is 40.4 Å². The minimum absolute atomic E-state index is 0.000900. The Labute approximate surface area is 234 Å². The molecule has 3 aromatic rings. The van der Waals surface area contributed by atoms with Crippen molar-refractivity contribution in [1.29, 1.82) is 0 Å². The van der Waals surface area contributed by atoms with E-state index in [1.165, 1.54) is 11.1 Å². The summed E-state index contributed by atoms with van der Waals surface area (Å²) in [5.41, 5.74) is 4.29. The minimum atomic E-state index is 0.000900. The van der Waals surface area contributed by atoms with Gasteiger partial charge in [0.1, 0.15) is 11.5 Å². The SMILES string of the molecule is CCN(CC)C(=O)c1cccc([C@H](c2cccc(OC)c2)N2C[C@@H](C)N(Cc3cccc(OC)c3)C[C@@H]2C)c1. The number of rotatable bonds is 10. The first-order valence-corrected chi connectivity index (χ1v) is 14.0. The van der Waals surface area contributed by atoms with Gasteiger partial charge in [-0.1, -0.05) is 36.4 Å². The monoisotopic (exact) mass is 529 g/mol. The van der Waals surface area contributed by atoms with Crippen molar-refractivity contribution in [2.45, 2.75) is 52.4 Å². The van der Waals surface area contributed by atoms with Crippen molar-refractivity contribution in [3.05, 3.63) is 95.1 Å². The van der Waals surface area contributed by atoms with Crippen LogP contribution in [-0.4, -0.2) is 73.1 Å². The molecule has 1 saturated heterocycles. The molecule has 0 aliphatic carbocycles. The van der Waals surface area contributed by atoms with Crippen molar-refractivity contribution in [3.63, 3.8) is 0 Å². The third-order valence-corrected chi connectivity index (χ3v) is 7.92. The fourth-order valence-corrected chi connectivity index (χ4v) is 5.73. The Morgan fingerprint density at radius 3 is 2.13 bits per heavy atom. The van der Waals surface area contributed by atoms with Gasteiger partial charge in [0.05, 0.1) is 20.3 Å². The number of carbonyl (C=O) groups is 1. The van der Waals surface area contributed by atoms with E-state index >= 15 is 0 Å². The van der Waals surface area contributed by atoms with E-state index < -0.39 is 0 Å². The van der Waals surface area contributed by atoms with Crippen LogP contribution in [0.1, 0.15) is 60.8 Å². The number of hydrogen-bond donors (Lipinski definition) is 0. The molecule has 6 heteroatoms. The Morgan fingerprint density at radius 2 is 1.46 bits per heavy atom. The highest BCUT2D eigenvalue weighted by atomic mass is 16.5. The van der Waals surface area contributed by atoms with Crippen LogP contribution in [0.5, 0.6) is 11.5 Å². The van der Waals surface area contributed by atoms with Gasteiger partial charge in [-0.2, -0.15) is 0 Å². The highest BCUT2D eigenvalue weighted by molar-refractivity contribution is 5.94. The Balaban J connectivity index is 1.66. The van der Waals surface area contributed by atoms with Gasteiger partial charge in [0.25, 0.3) is 5.91 Å². The smallest absolute Gasteiger partial charge is 0.253 e. The summed E-state index contributed by atoms with van der Waals surface area (Å²) >= 11 is 0. The van der Waals surface area contributed by atoms with Crippen molar-refractivity contribution in [2.24, 2.45) is 0 Å². The standard InChI is InChI=1S/C33H43N3O3/c1-7-34(8-2)33(37)29-15-10-13-27(19-29)32(28-14-11-17-31(20-28)39-6)36-22-24(3)35(21-25(36)4)23-26-12-9-16-30(18-26)38-5/h9-20,24-25,32H,7-8,21-23H2,1-6H3/t24-,25+,32-/m1/s1. The van der Waals surface area contributed by atoms with Gasteiger partial charge in [0.15, 0.2) is 0 Å². The van der Waals surface area contributed by atoms with Gasteiger partial charge >= 0.3 is 0 Å². The van der Waals surface area contributed by atoms with Crippen LogP contribution in [0.15, 0.2) is 72.8 Å².